The summed E-state index contributed by atoms with van der Waals surface area (Å²) in [5.41, 5.74) is 8.06. The van der Waals surface area contributed by atoms with Gasteiger partial charge >= 0.3 is 0 Å². The molecule has 0 amide bonds. The summed E-state index contributed by atoms with van der Waals surface area (Å²) < 4.78 is 15.3. The Bertz CT molecular complexity index is 755. The van der Waals surface area contributed by atoms with Crippen molar-refractivity contribution in [3.8, 4) is 0 Å². The van der Waals surface area contributed by atoms with Gasteiger partial charge in [-0.25, -0.2) is 9.37 Å². The Morgan fingerprint density at radius 2 is 2.15 bits per heavy atom. The Labute approximate surface area is 120 Å². The first kappa shape index (κ1) is 12.9. The summed E-state index contributed by atoms with van der Waals surface area (Å²) >= 11 is 5.75. The lowest BCUT2D eigenvalue weighted by atomic mass is 10.2. The van der Waals surface area contributed by atoms with E-state index in [0.717, 1.165) is 5.69 Å². The van der Waals surface area contributed by atoms with Crippen LogP contribution in [0.2, 0.25) is 5.02 Å². The Morgan fingerprint density at radius 3 is 2.90 bits per heavy atom. The molecule has 0 aliphatic rings. The number of fused-ring (bicyclic) bond motifs is 1. The Morgan fingerprint density at radius 1 is 1.30 bits per heavy atom. The second-order valence-corrected chi connectivity index (χ2v) is 4.85. The van der Waals surface area contributed by atoms with Crippen LogP contribution in [-0.2, 0) is 13.0 Å². The third-order valence-corrected chi connectivity index (χ3v) is 3.43. The molecule has 1 aromatic carbocycles. The predicted molar refractivity (Wildman–Crippen MR) is 77.1 cm³/mol. The highest BCUT2D eigenvalue weighted by Gasteiger charge is 2.11. The van der Waals surface area contributed by atoms with Gasteiger partial charge in [-0.3, -0.25) is 4.98 Å². The Kier molecular flexibility index (Phi) is 3.28. The summed E-state index contributed by atoms with van der Waals surface area (Å²) in [5.74, 6) is -0.129. The zero-order valence-corrected chi connectivity index (χ0v) is 11.3. The van der Waals surface area contributed by atoms with Crippen LogP contribution in [0.25, 0.3) is 11.0 Å². The molecule has 0 fully saturated rings. The molecule has 0 unspecified atom stereocenters. The molecule has 0 aliphatic heterocycles. The van der Waals surface area contributed by atoms with Crippen molar-refractivity contribution < 1.29 is 4.39 Å². The van der Waals surface area contributed by atoms with Gasteiger partial charge in [-0.05, 0) is 18.2 Å². The van der Waals surface area contributed by atoms with Crippen molar-refractivity contribution >= 4 is 28.6 Å². The third-order valence-electron chi connectivity index (χ3n) is 3.14. The van der Waals surface area contributed by atoms with Crippen LogP contribution in [0.3, 0.4) is 0 Å². The van der Waals surface area contributed by atoms with Crippen molar-refractivity contribution in [3.63, 3.8) is 0 Å². The van der Waals surface area contributed by atoms with Gasteiger partial charge in [0.25, 0.3) is 0 Å². The summed E-state index contributed by atoms with van der Waals surface area (Å²) in [6.45, 7) is 0.584. The van der Waals surface area contributed by atoms with Crippen molar-refractivity contribution in [2.45, 2.75) is 13.0 Å². The molecular weight excluding hydrogens is 279 g/mol. The standard InChI is InChI=1S/C14H12ClFN4/c15-10-7-12-13(8-11(10)16)20(14(17)19-12)6-4-9-3-1-2-5-18-9/h1-3,5,7-8H,4,6H2,(H2,17,19). The maximum Gasteiger partial charge on any atom is 0.201 e. The molecule has 20 heavy (non-hydrogen) atoms. The normalized spacial score (nSPS) is 11.1. The fourth-order valence-electron chi connectivity index (χ4n) is 2.15. The van der Waals surface area contributed by atoms with E-state index in [0.29, 0.717) is 29.9 Å². The second kappa shape index (κ2) is 5.09. The number of aromatic nitrogens is 3. The minimum Gasteiger partial charge on any atom is -0.369 e. The topological polar surface area (TPSA) is 56.7 Å². The molecular formula is C14H12ClFN4. The molecule has 0 bridgehead atoms. The minimum atomic E-state index is -0.474. The van der Waals surface area contributed by atoms with E-state index in [9.17, 15) is 4.39 Å². The number of hydrogen-bond acceptors (Lipinski definition) is 3. The van der Waals surface area contributed by atoms with Gasteiger partial charge in [0, 0.05) is 30.9 Å². The van der Waals surface area contributed by atoms with Crippen LogP contribution in [0.5, 0.6) is 0 Å². The first-order valence-corrected chi connectivity index (χ1v) is 6.53. The fourth-order valence-corrected chi connectivity index (χ4v) is 2.30. The van der Waals surface area contributed by atoms with Crippen molar-refractivity contribution in [2.75, 3.05) is 5.73 Å². The number of anilines is 1. The molecule has 2 aromatic heterocycles. The summed E-state index contributed by atoms with van der Waals surface area (Å²) in [6.07, 6.45) is 2.44. The van der Waals surface area contributed by atoms with Gasteiger partial charge in [-0.2, -0.15) is 0 Å². The Balaban J connectivity index is 1.95. The highest BCUT2D eigenvalue weighted by molar-refractivity contribution is 6.31. The SMILES string of the molecule is Nc1nc2cc(Cl)c(F)cc2n1CCc1ccccn1. The van der Waals surface area contributed by atoms with Crippen LogP contribution >= 0.6 is 11.6 Å². The molecule has 3 rings (SSSR count). The van der Waals surface area contributed by atoms with Gasteiger partial charge in [0.1, 0.15) is 5.82 Å². The zero-order chi connectivity index (χ0) is 14.1. The highest BCUT2D eigenvalue weighted by atomic mass is 35.5. The van der Waals surface area contributed by atoms with Crippen LogP contribution in [0, 0.1) is 5.82 Å². The van der Waals surface area contributed by atoms with E-state index in [-0.39, 0.29) is 5.02 Å². The number of aryl methyl sites for hydroxylation is 2. The summed E-state index contributed by atoms with van der Waals surface area (Å²) in [6, 6.07) is 8.57. The smallest absolute Gasteiger partial charge is 0.201 e. The summed E-state index contributed by atoms with van der Waals surface area (Å²) in [5, 5.41) is 0.0480. The third kappa shape index (κ3) is 2.32. The van der Waals surface area contributed by atoms with Crippen LogP contribution < -0.4 is 5.73 Å². The maximum atomic E-state index is 13.6. The van der Waals surface area contributed by atoms with Gasteiger partial charge in [0.15, 0.2) is 0 Å². The van der Waals surface area contributed by atoms with E-state index >= 15 is 0 Å². The zero-order valence-electron chi connectivity index (χ0n) is 10.6. The number of benzene rings is 1. The summed E-state index contributed by atoms with van der Waals surface area (Å²) in [4.78, 5) is 8.45. The van der Waals surface area contributed by atoms with Crippen molar-refractivity contribution in [3.05, 3.63) is 53.1 Å². The van der Waals surface area contributed by atoms with E-state index in [2.05, 4.69) is 9.97 Å². The molecule has 6 heteroatoms. The number of nitrogen functional groups attached to an aromatic ring is 1. The molecule has 3 aromatic rings. The first-order valence-electron chi connectivity index (χ1n) is 6.16. The van der Waals surface area contributed by atoms with E-state index in [1.807, 2.05) is 18.2 Å². The lowest BCUT2D eigenvalue weighted by Gasteiger charge is -2.06. The number of pyridine rings is 1. The number of halogens is 2. The van der Waals surface area contributed by atoms with Crippen molar-refractivity contribution in [1.29, 1.82) is 0 Å². The van der Waals surface area contributed by atoms with Gasteiger partial charge in [0.05, 0.1) is 16.1 Å². The average molecular weight is 291 g/mol. The van der Waals surface area contributed by atoms with Crippen LogP contribution in [0.15, 0.2) is 36.5 Å². The monoisotopic (exact) mass is 290 g/mol. The number of hydrogen-bond donors (Lipinski definition) is 1. The van der Waals surface area contributed by atoms with Crippen LogP contribution in [-0.4, -0.2) is 14.5 Å². The first-order chi connectivity index (χ1) is 9.65. The van der Waals surface area contributed by atoms with Crippen LogP contribution in [0.1, 0.15) is 5.69 Å². The predicted octanol–water partition coefficient (Wildman–Crippen LogP) is 3.05. The van der Waals surface area contributed by atoms with E-state index in [4.69, 9.17) is 17.3 Å². The van der Waals surface area contributed by atoms with Crippen LogP contribution in [0.4, 0.5) is 10.3 Å². The van der Waals surface area contributed by atoms with E-state index in [1.54, 1.807) is 10.8 Å². The largest absolute Gasteiger partial charge is 0.369 e. The lowest BCUT2D eigenvalue weighted by molar-refractivity contribution is 0.628. The molecule has 0 saturated carbocycles. The average Bonchev–Trinajstić information content (AvgIpc) is 2.73. The number of nitrogens with zero attached hydrogens (tertiary/aromatic N) is 3. The van der Waals surface area contributed by atoms with Gasteiger partial charge in [-0.1, -0.05) is 17.7 Å². The molecule has 0 aliphatic carbocycles. The molecule has 4 nitrogen and oxygen atoms in total. The van der Waals surface area contributed by atoms with E-state index < -0.39 is 5.82 Å². The molecule has 0 spiro atoms. The fraction of sp³-hybridized carbons (Fsp3) is 0.143. The van der Waals surface area contributed by atoms with Gasteiger partial charge in [-0.15, -0.1) is 0 Å². The minimum absolute atomic E-state index is 0.0480. The number of imidazole rings is 1. The summed E-state index contributed by atoms with van der Waals surface area (Å²) in [7, 11) is 0. The molecule has 102 valence electrons. The molecule has 2 N–H and O–H groups in total. The highest BCUT2D eigenvalue weighted by Crippen LogP contribution is 2.24. The molecule has 2 heterocycles. The molecule has 0 radical (unpaired) electrons. The quantitative estimate of drug-likeness (QED) is 0.806. The van der Waals surface area contributed by atoms with Gasteiger partial charge in [0.2, 0.25) is 5.95 Å². The molecule has 0 saturated heterocycles. The number of rotatable bonds is 3. The lowest BCUT2D eigenvalue weighted by Crippen LogP contribution is -2.06. The maximum absolute atomic E-state index is 13.6. The van der Waals surface area contributed by atoms with E-state index in [1.165, 1.54) is 12.1 Å². The second-order valence-electron chi connectivity index (χ2n) is 4.45. The number of nitrogens with two attached hydrogens (primary N) is 1. The van der Waals surface area contributed by atoms with Gasteiger partial charge < -0.3 is 10.3 Å². The van der Waals surface area contributed by atoms with Crippen molar-refractivity contribution in [1.82, 2.24) is 14.5 Å². The Hall–Kier alpha value is -2.14. The molecule has 0 atom stereocenters. The van der Waals surface area contributed by atoms with Crippen molar-refractivity contribution in [2.24, 2.45) is 0 Å².